The molecule has 130 valence electrons. The van der Waals surface area contributed by atoms with Crippen molar-refractivity contribution in [1.82, 2.24) is 14.5 Å². The van der Waals surface area contributed by atoms with Crippen molar-refractivity contribution in [3.63, 3.8) is 0 Å². The molecular formula is C17H23N3O3S. The van der Waals surface area contributed by atoms with E-state index in [4.69, 9.17) is 4.74 Å². The highest BCUT2D eigenvalue weighted by atomic mass is 32.2. The number of nitrogens with zero attached hydrogens (tertiary/aromatic N) is 2. The van der Waals surface area contributed by atoms with E-state index in [-0.39, 0.29) is 11.5 Å². The summed E-state index contributed by atoms with van der Waals surface area (Å²) >= 11 is 0. The summed E-state index contributed by atoms with van der Waals surface area (Å²) in [6.07, 6.45) is 4.57. The molecule has 0 unspecified atom stereocenters. The average Bonchev–Trinajstić information content (AvgIpc) is 2.88. The first-order valence-corrected chi connectivity index (χ1v) is 9.76. The van der Waals surface area contributed by atoms with Crippen LogP contribution in [0.2, 0.25) is 0 Å². The molecule has 1 N–H and O–H groups in total. The number of rotatable bonds is 4. The molecule has 1 aromatic carbocycles. The van der Waals surface area contributed by atoms with Gasteiger partial charge in [-0.25, -0.2) is 17.8 Å². The Hall–Kier alpha value is -1.86. The third kappa shape index (κ3) is 3.47. The number of aromatic nitrogens is 2. The molecular weight excluding hydrogens is 326 g/mol. The molecule has 0 spiro atoms. The minimum atomic E-state index is -3.28. The normalized spacial score (nSPS) is 19.8. The predicted molar refractivity (Wildman–Crippen MR) is 92.9 cm³/mol. The van der Waals surface area contributed by atoms with E-state index in [1.54, 1.807) is 13.3 Å². The van der Waals surface area contributed by atoms with E-state index in [0.29, 0.717) is 0 Å². The second-order valence-corrected chi connectivity index (χ2v) is 8.92. The van der Waals surface area contributed by atoms with Crippen molar-refractivity contribution in [1.29, 1.82) is 0 Å². The molecule has 1 aliphatic rings. The van der Waals surface area contributed by atoms with Gasteiger partial charge in [-0.05, 0) is 42.5 Å². The molecule has 0 fully saturated rings. The van der Waals surface area contributed by atoms with Crippen LogP contribution in [0.4, 0.5) is 0 Å². The molecule has 0 aliphatic heterocycles. The van der Waals surface area contributed by atoms with E-state index in [1.807, 2.05) is 28.9 Å². The summed E-state index contributed by atoms with van der Waals surface area (Å²) in [6.45, 7) is 4.30. The first-order valence-electron chi connectivity index (χ1n) is 7.87. The van der Waals surface area contributed by atoms with Gasteiger partial charge in [-0.2, -0.15) is 5.10 Å². The molecule has 1 atom stereocenters. The van der Waals surface area contributed by atoms with Gasteiger partial charge in [0, 0.05) is 11.3 Å². The number of benzene rings is 1. The van der Waals surface area contributed by atoms with E-state index in [0.717, 1.165) is 35.5 Å². The number of hydrogen-bond acceptors (Lipinski definition) is 4. The second-order valence-electron chi connectivity index (χ2n) is 7.14. The largest absolute Gasteiger partial charge is 0.497 e. The summed E-state index contributed by atoms with van der Waals surface area (Å²) in [4.78, 5) is 0. The molecule has 0 saturated heterocycles. The Labute approximate surface area is 142 Å². The topological polar surface area (TPSA) is 73.2 Å². The minimum absolute atomic E-state index is 0.0143. The van der Waals surface area contributed by atoms with Gasteiger partial charge in [0.25, 0.3) is 0 Å². The summed E-state index contributed by atoms with van der Waals surface area (Å²) < 4.78 is 33.3. The molecule has 1 aliphatic carbocycles. The Kier molecular flexibility index (Phi) is 4.17. The van der Waals surface area contributed by atoms with Crippen LogP contribution in [0.5, 0.6) is 5.75 Å². The van der Waals surface area contributed by atoms with Crippen LogP contribution in [0.1, 0.15) is 37.6 Å². The molecule has 6 nitrogen and oxygen atoms in total. The average molecular weight is 349 g/mol. The molecule has 1 heterocycles. The van der Waals surface area contributed by atoms with Gasteiger partial charge in [0.05, 0.1) is 31.3 Å². The zero-order valence-corrected chi connectivity index (χ0v) is 15.2. The van der Waals surface area contributed by atoms with Crippen LogP contribution in [-0.4, -0.2) is 31.6 Å². The molecule has 0 saturated carbocycles. The van der Waals surface area contributed by atoms with Crippen molar-refractivity contribution in [2.75, 3.05) is 13.4 Å². The SMILES string of the molecule is COc1ccc(-n2ncc3c2CC(C)(C)C[C@@H]3NS(C)(=O)=O)cc1. The van der Waals surface area contributed by atoms with Crippen molar-refractivity contribution in [3.05, 3.63) is 41.7 Å². The zero-order chi connectivity index (χ0) is 17.5. The lowest BCUT2D eigenvalue weighted by molar-refractivity contribution is 0.269. The summed E-state index contributed by atoms with van der Waals surface area (Å²) in [5, 5.41) is 4.51. The maximum absolute atomic E-state index is 11.7. The van der Waals surface area contributed by atoms with Gasteiger partial charge in [0.1, 0.15) is 5.75 Å². The zero-order valence-electron chi connectivity index (χ0n) is 14.4. The smallest absolute Gasteiger partial charge is 0.209 e. The standard InChI is InChI=1S/C17H23N3O3S/c1-17(2)9-15(19-24(4,21)22)14-11-18-20(16(14)10-17)12-5-7-13(23-3)8-6-12/h5-8,11,15,19H,9-10H2,1-4H3/t15-/m0/s1. The number of sulfonamides is 1. The monoisotopic (exact) mass is 349 g/mol. The van der Waals surface area contributed by atoms with Crippen molar-refractivity contribution >= 4 is 10.0 Å². The van der Waals surface area contributed by atoms with E-state index < -0.39 is 10.0 Å². The van der Waals surface area contributed by atoms with Crippen LogP contribution < -0.4 is 9.46 Å². The molecule has 24 heavy (non-hydrogen) atoms. The van der Waals surface area contributed by atoms with Crippen molar-refractivity contribution < 1.29 is 13.2 Å². The van der Waals surface area contributed by atoms with Gasteiger partial charge in [-0.1, -0.05) is 13.8 Å². The fourth-order valence-corrected chi connectivity index (χ4v) is 4.08. The first kappa shape index (κ1) is 17.0. The maximum Gasteiger partial charge on any atom is 0.209 e. The van der Waals surface area contributed by atoms with Crippen molar-refractivity contribution in [2.45, 2.75) is 32.7 Å². The van der Waals surface area contributed by atoms with Crippen molar-refractivity contribution in [2.24, 2.45) is 5.41 Å². The summed E-state index contributed by atoms with van der Waals surface area (Å²) in [5.41, 5.74) is 2.93. The fraction of sp³-hybridized carbons (Fsp3) is 0.471. The van der Waals surface area contributed by atoms with Crippen LogP contribution in [0, 0.1) is 5.41 Å². The molecule has 0 radical (unpaired) electrons. The highest BCUT2D eigenvalue weighted by molar-refractivity contribution is 7.88. The third-order valence-corrected chi connectivity index (χ3v) is 5.07. The first-order chi connectivity index (χ1) is 11.2. The van der Waals surface area contributed by atoms with E-state index >= 15 is 0 Å². The molecule has 2 aromatic rings. The number of fused-ring (bicyclic) bond motifs is 1. The Balaban J connectivity index is 2.03. The van der Waals surface area contributed by atoms with Crippen LogP contribution >= 0.6 is 0 Å². The molecule has 0 amide bonds. The highest BCUT2D eigenvalue weighted by Gasteiger charge is 2.36. The molecule has 0 bridgehead atoms. The van der Waals surface area contributed by atoms with Crippen LogP contribution in [0.25, 0.3) is 5.69 Å². The lowest BCUT2D eigenvalue weighted by Gasteiger charge is -2.35. The third-order valence-electron chi connectivity index (χ3n) is 4.35. The van der Waals surface area contributed by atoms with Gasteiger partial charge in [0.2, 0.25) is 10.0 Å². The Morgan fingerprint density at radius 2 is 1.96 bits per heavy atom. The summed E-state index contributed by atoms with van der Waals surface area (Å²) in [5.74, 6) is 0.789. The van der Waals surface area contributed by atoms with Crippen LogP contribution in [0.15, 0.2) is 30.5 Å². The Morgan fingerprint density at radius 3 is 2.54 bits per heavy atom. The fourth-order valence-electron chi connectivity index (χ4n) is 3.35. The van der Waals surface area contributed by atoms with E-state index in [9.17, 15) is 8.42 Å². The van der Waals surface area contributed by atoms with E-state index in [1.165, 1.54) is 6.26 Å². The highest BCUT2D eigenvalue weighted by Crippen LogP contribution is 2.41. The lowest BCUT2D eigenvalue weighted by Crippen LogP contribution is -2.36. The molecule has 3 rings (SSSR count). The molecule has 1 aromatic heterocycles. The van der Waals surface area contributed by atoms with Gasteiger partial charge in [0.15, 0.2) is 0 Å². The van der Waals surface area contributed by atoms with Crippen LogP contribution in [0.3, 0.4) is 0 Å². The number of nitrogens with one attached hydrogen (secondary N) is 1. The number of hydrogen-bond donors (Lipinski definition) is 1. The maximum atomic E-state index is 11.7. The summed E-state index contributed by atoms with van der Waals surface area (Å²) in [7, 11) is -1.65. The number of methoxy groups -OCH3 is 1. The quantitative estimate of drug-likeness (QED) is 0.920. The minimum Gasteiger partial charge on any atom is -0.497 e. The van der Waals surface area contributed by atoms with Gasteiger partial charge >= 0.3 is 0 Å². The van der Waals surface area contributed by atoms with E-state index in [2.05, 4.69) is 23.7 Å². The Bertz CT molecular complexity index is 838. The van der Waals surface area contributed by atoms with Gasteiger partial charge < -0.3 is 4.74 Å². The van der Waals surface area contributed by atoms with Gasteiger partial charge in [-0.15, -0.1) is 0 Å². The molecule has 7 heteroatoms. The van der Waals surface area contributed by atoms with Gasteiger partial charge in [-0.3, -0.25) is 0 Å². The second kappa shape index (κ2) is 5.89. The Morgan fingerprint density at radius 1 is 1.29 bits per heavy atom. The predicted octanol–water partition coefficient (Wildman–Crippen LogP) is 2.44. The number of ether oxygens (including phenoxy) is 1. The lowest BCUT2D eigenvalue weighted by atomic mass is 9.74. The van der Waals surface area contributed by atoms with Crippen LogP contribution in [-0.2, 0) is 16.4 Å². The summed E-state index contributed by atoms with van der Waals surface area (Å²) in [6, 6.07) is 7.44. The van der Waals surface area contributed by atoms with Crippen molar-refractivity contribution in [3.8, 4) is 11.4 Å².